The van der Waals surface area contributed by atoms with Crippen LogP contribution < -0.4 is 4.90 Å². The molecular weight excluding hydrogens is 464 g/mol. The Balaban J connectivity index is 1.37. The van der Waals surface area contributed by atoms with Crippen LogP contribution in [0.15, 0.2) is 30.3 Å². The Morgan fingerprint density at radius 2 is 1.92 bits per heavy atom. The van der Waals surface area contributed by atoms with E-state index < -0.39 is 5.41 Å². The zero-order valence-electron chi connectivity index (χ0n) is 21.9. The number of ketones is 1. The van der Waals surface area contributed by atoms with E-state index in [2.05, 4.69) is 48.9 Å². The van der Waals surface area contributed by atoms with Gasteiger partial charge in [0.2, 0.25) is 0 Å². The molecule has 1 aliphatic carbocycles. The molecule has 2 N–H and O–H groups in total. The Morgan fingerprint density at radius 1 is 1.19 bits per heavy atom. The lowest BCUT2D eigenvalue weighted by Crippen LogP contribution is -2.61. The Hall–Kier alpha value is -3.18. The third kappa shape index (κ3) is 3.70. The number of carbonyl (C=O) groups excluding carboxylic acids is 1. The first-order chi connectivity index (χ1) is 17.8. The molecule has 192 valence electrons. The first-order valence-electron chi connectivity index (χ1n) is 13.5. The Morgan fingerprint density at radius 3 is 2.59 bits per heavy atom. The van der Waals surface area contributed by atoms with Gasteiger partial charge in [-0.15, -0.1) is 0 Å². The van der Waals surface area contributed by atoms with E-state index in [-0.39, 0.29) is 16.5 Å². The number of piperidine rings is 1. The lowest BCUT2D eigenvalue weighted by atomic mass is 9.70. The number of morpholine rings is 1. The number of benzene rings is 2. The van der Waals surface area contributed by atoms with Crippen LogP contribution in [0.4, 0.5) is 5.69 Å². The van der Waals surface area contributed by atoms with E-state index in [0.717, 1.165) is 65.6 Å². The SMILES string of the molecule is CCc1cc2c(cc1N1CCC([N+]3(O)CCOCC3)CC1)C(C)(C)c1[nH]c3cc(C#N)ccc3c1C2=O. The van der Waals surface area contributed by atoms with Crippen LogP contribution in [0.25, 0.3) is 10.9 Å². The van der Waals surface area contributed by atoms with Crippen LogP contribution in [-0.4, -0.2) is 66.1 Å². The van der Waals surface area contributed by atoms with E-state index in [9.17, 15) is 15.3 Å². The molecule has 0 amide bonds. The summed E-state index contributed by atoms with van der Waals surface area (Å²) in [4.78, 5) is 19.8. The van der Waals surface area contributed by atoms with Crippen molar-refractivity contribution in [2.24, 2.45) is 0 Å². The van der Waals surface area contributed by atoms with Gasteiger partial charge in [0.15, 0.2) is 5.78 Å². The van der Waals surface area contributed by atoms with Gasteiger partial charge in [-0.05, 0) is 41.8 Å². The van der Waals surface area contributed by atoms with Gasteiger partial charge in [-0.25, -0.2) is 5.21 Å². The molecule has 3 aliphatic rings. The normalized spacial score (nSPS) is 20.9. The number of fused-ring (bicyclic) bond motifs is 4. The van der Waals surface area contributed by atoms with Crippen molar-refractivity contribution >= 4 is 22.4 Å². The quantitative estimate of drug-likeness (QED) is 0.511. The molecule has 2 saturated heterocycles. The maximum absolute atomic E-state index is 13.9. The topological polar surface area (TPSA) is 89.3 Å². The van der Waals surface area contributed by atoms with E-state index in [1.165, 1.54) is 11.3 Å². The summed E-state index contributed by atoms with van der Waals surface area (Å²) in [6, 6.07) is 12.3. The van der Waals surface area contributed by atoms with Gasteiger partial charge in [-0.1, -0.05) is 26.8 Å². The molecule has 0 spiro atoms. The smallest absolute Gasteiger partial charge is 0.195 e. The van der Waals surface area contributed by atoms with Gasteiger partial charge < -0.3 is 14.6 Å². The second kappa shape index (κ2) is 8.70. The second-order valence-electron chi connectivity index (χ2n) is 11.3. The highest BCUT2D eigenvalue weighted by Gasteiger charge is 2.42. The van der Waals surface area contributed by atoms with Crippen molar-refractivity contribution in [2.75, 3.05) is 44.3 Å². The standard InChI is InChI=1S/C30H34N4O3/c1-4-20-16-23-24(17-26(20)33-9-7-21(8-10-33)34(36)11-13-37-14-12-34)30(2,3)29-27(28(23)35)22-6-5-19(18-31)15-25(22)32-29/h5-6,15-17,21,36H,4,7-14H2,1-3H3/p+1. The largest absolute Gasteiger partial charge is 0.371 e. The number of quaternary nitrogens is 1. The first kappa shape index (κ1) is 24.2. The number of rotatable bonds is 3. The van der Waals surface area contributed by atoms with E-state index in [0.29, 0.717) is 31.9 Å². The van der Waals surface area contributed by atoms with Crippen LogP contribution in [0.2, 0.25) is 0 Å². The van der Waals surface area contributed by atoms with Crippen LogP contribution in [0, 0.1) is 11.3 Å². The number of nitriles is 1. The van der Waals surface area contributed by atoms with Gasteiger partial charge in [0.05, 0.1) is 30.4 Å². The van der Waals surface area contributed by atoms with E-state index >= 15 is 0 Å². The van der Waals surface area contributed by atoms with Crippen LogP contribution in [0.1, 0.15) is 71.9 Å². The molecule has 2 fully saturated rings. The molecular formula is C30H35N4O3+. The van der Waals surface area contributed by atoms with Crippen molar-refractivity contribution in [3.05, 3.63) is 63.8 Å². The molecule has 3 heterocycles. The minimum atomic E-state index is -0.391. The maximum atomic E-state index is 13.9. The predicted molar refractivity (Wildman–Crippen MR) is 142 cm³/mol. The van der Waals surface area contributed by atoms with E-state index in [4.69, 9.17) is 4.74 Å². The fourth-order valence-corrected chi connectivity index (χ4v) is 6.77. The number of hydrogen-bond donors (Lipinski definition) is 2. The molecule has 6 rings (SSSR count). The van der Waals surface area contributed by atoms with Crippen LogP contribution in [0.3, 0.4) is 0 Å². The lowest BCUT2D eigenvalue weighted by Gasteiger charge is -2.44. The molecule has 3 aromatic rings. The second-order valence-corrected chi connectivity index (χ2v) is 11.3. The zero-order chi connectivity index (χ0) is 25.9. The van der Waals surface area contributed by atoms with Crippen molar-refractivity contribution in [1.82, 2.24) is 4.98 Å². The molecule has 2 aromatic carbocycles. The summed E-state index contributed by atoms with van der Waals surface area (Å²) in [5.74, 6) is 0.0549. The summed E-state index contributed by atoms with van der Waals surface area (Å²) in [5.41, 5.74) is 6.90. The monoisotopic (exact) mass is 499 g/mol. The zero-order valence-corrected chi connectivity index (χ0v) is 21.9. The number of carbonyl (C=O) groups is 1. The van der Waals surface area contributed by atoms with Crippen molar-refractivity contribution in [1.29, 1.82) is 5.26 Å². The summed E-state index contributed by atoms with van der Waals surface area (Å²) in [6.07, 6.45) is 2.72. The van der Waals surface area contributed by atoms with Crippen molar-refractivity contribution < 1.29 is 19.4 Å². The molecule has 7 nitrogen and oxygen atoms in total. The van der Waals surface area contributed by atoms with Gasteiger partial charge >= 0.3 is 0 Å². The highest BCUT2D eigenvalue weighted by molar-refractivity contribution is 6.20. The number of hydroxylamine groups is 3. The predicted octanol–water partition coefficient (Wildman–Crippen LogP) is 4.68. The molecule has 37 heavy (non-hydrogen) atoms. The van der Waals surface area contributed by atoms with Gasteiger partial charge in [-0.2, -0.15) is 9.91 Å². The fourth-order valence-electron chi connectivity index (χ4n) is 6.77. The van der Waals surface area contributed by atoms with Crippen molar-refractivity contribution in [3.63, 3.8) is 0 Å². The summed E-state index contributed by atoms with van der Waals surface area (Å²) in [7, 11) is 0. The average Bonchev–Trinajstić information content (AvgIpc) is 3.32. The average molecular weight is 500 g/mol. The molecule has 7 heteroatoms. The summed E-state index contributed by atoms with van der Waals surface area (Å²) < 4.78 is 5.62. The number of nitrogens with one attached hydrogen (secondary N) is 1. The molecule has 0 saturated carbocycles. The van der Waals surface area contributed by atoms with Crippen LogP contribution in [0.5, 0.6) is 0 Å². The molecule has 0 unspecified atom stereocenters. The number of aryl methyl sites for hydroxylation is 1. The first-order valence-corrected chi connectivity index (χ1v) is 13.5. The molecule has 0 radical (unpaired) electrons. The van der Waals surface area contributed by atoms with Crippen molar-refractivity contribution in [2.45, 2.75) is 51.5 Å². The number of aromatic nitrogens is 1. The Labute approximate surface area is 217 Å². The molecule has 0 bridgehead atoms. The van der Waals surface area contributed by atoms with Gasteiger partial charge in [0, 0.05) is 59.2 Å². The Kier molecular flexibility index (Phi) is 5.68. The van der Waals surface area contributed by atoms with Crippen LogP contribution in [-0.2, 0) is 16.6 Å². The lowest BCUT2D eigenvalue weighted by molar-refractivity contribution is -1.12. The molecule has 0 atom stereocenters. The fraction of sp³-hybridized carbons (Fsp3) is 0.467. The van der Waals surface area contributed by atoms with E-state index in [1.807, 2.05) is 12.1 Å². The number of H-pyrrole nitrogens is 1. The summed E-state index contributed by atoms with van der Waals surface area (Å²) >= 11 is 0. The highest BCUT2D eigenvalue weighted by atomic mass is 16.6. The number of aromatic amines is 1. The summed E-state index contributed by atoms with van der Waals surface area (Å²) in [6.45, 7) is 10.9. The van der Waals surface area contributed by atoms with Crippen molar-refractivity contribution in [3.8, 4) is 6.07 Å². The maximum Gasteiger partial charge on any atom is 0.195 e. The van der Waals surface area contributed by atoms with Gasteiger partial charge in [0.1, 0.15) is 19.1 Å². The third-order valence-corrected chi connectivity index (χ3v) is 9.03. The Bertz CT molecular complexity index is 1430. The number of anilines is 1. The third-order valence-electron chi connectivity index (χ3n) is 9.03. The minimum absolute atomic E-state index is 0.0549. The number of nitrogens with zero attached hydrogens (tertiary/aromatic N) is 3. The minimum Gasteiger partial charge on any atom is -0.371 e. The number of hydrogen-bond acceptors (Lipinski definition) is 5. The van der Waals surface area contributed by atoms with Crippen LogP contribution >= 0.6 is 0 Å². The summed E-state index contributed by atoms with van der Waals surface area (Å²) in [5, 5.41) is 21.4. The van der Waals surface area contributed by atoms with E-state index in [1.54, 1.807) is 6.07 Å². The molecule has 2 aliphatic heterocycles. The molecule has 1 aromatic heterocycles. The number of ether oxygens (including phenoxy) is 1. The highest BCUT2D eigenvalue weighted by Crippen LogP contribution is 2.46. The van der Waals surface area contributed by atoms with Gasteiger partial charge in [-0.3, -0.25) is 4.79 Å². The van der Waals surface area contributed by atoms with Gasteiger partial charge in [0.25, 0.3) is 0 Å².